The second kappa shape index (κ2) is 7.04. The summed E-state index contributed by atoms with van der Waals surface area (Å²) >= 11 is 12.3. The van der Waals surface area contributed by atoms with E-state index in [0.717, 1.165) is 18.5 Å². The van der Waals surface area contributed by atoms with Crippen LogP contribution in [0.1, 0.15) is 18.4 Å². The van der Waals surface area contributed by atoms with Gasteiger partial charge in [0.25, 0.3) is 0 Å². The number of halogens is 2. The van der Waals surface area contributed by atoms with Crippen LogP contribution in [0.15, 0.2) is 12.1 Å². The van der Waals surface area contributed by atoms with Crippen molar-refractivity contribution in [1.82, 2.24) is 4.90 Å². The Morgan fingerprint density at radius 3 is 2.73 bits per heavy atom. The van der Waals surface area contributed by atoms with Crippen molar-refractivity contribution in [1.29, 1.82) is 0 Å². The number of ether oxygens (including phenoxy) is 2. The van der Waals surface area contributed by atoms with E-state index in [0.29, 0.717) is 28.8 Å². The summed E-state index contributed by atoms with van der Waals surface area (Å²) in [5.74, 6) is 0.188. The number of amides is 1. The van der Waals surface area contributed by atoms with Crippen molar-refractivity contribution in [3.63, 3.8) is 0 Å². The Labute approximate surface area is 140 Å². The van der Waals surface area contributed by atoms with Crippen molar-refractivity contribution in [2.45, 2.75) is 24.9 Å². The van der Waals surface area contributed by atoms with Gasteiger partial charge in [-0.05, 0) is 31.5 Å². The van der Waals surface area contributed by atoms with Crippen LogP contribution in [0.4, 0.5) is 0 Å². The summed E-state index contributed by atoms with van der Waals surface area (Å²) in [6.45, 7) is 1.48. The first-order valence-corrected chi connectivity index (χ1v) is 7.76. The number of hydrogen-bond acceptors (Lipinski definition) is 4. The van der Waals surface area contributed by atoms with Crippen LogP contribution in [0.2, 0.25) is 10.0 Å². The van der Waals surface area contributed by atoms with Gasteiger partial charge in [0.1, 0.15) is 11.3 Å². The van der Waals surface area contributed by atoms with Gasteiger partial charge in [0.15, 0.2) is 0 Å². The lowest BCUT2D eigenvalue weighted by atomic mass is 9.95. The van der Waals surface area contributed by atoms with E-state index in [1.165, 1.54) is 0 Å². The molecule has 1 fully saturated rings. The highest BCUT2D eigenvalue weighted by molar-refractivity contribution is 6.35. The summed E-state index contributed by atoms with van der Waals surface area (Å²) in [4.78, 5) is 14.0. The molecule has 2 rings (SSSR count). The van der Waals surface area contributed by atoms with Gasteiger partial charge in [-0.1, -0.05) is 23.2 Å². The van der Waals surface area contributed by atoms with Crippen molar-refractivity contribution < 1.29 is 14.3 Å². The minimum atomic E-state index is -0.797. The largest absolute Gasteiger partial charge is 0.495 e. The number of primary amides is 1. The van der Waals surface area contributed by atoms with Crippen LogP contribution < -0.4 is 10.5 Å². The van der Waals surface area contributed by atoms with E-state index in [1.54, 1.807) is 26.4 Å². The molecule has 2 N–H and O–H groups in total. The molecule has 1 amide bonds. The Bertz CT molecular complexity index is 568. The fourth-order valence-electron chi connectivity index (χ4n) is 3.08. The number of benzene rings is 1. The minimum Gasteiger partial charge on any atom is -0.495 e. The quantitative estimate of drug-likeness (QED) is 0.859. The van der Waals surface area contributed by atoms with E-state index < -0.39 is 5.54 Å². The minimum absolute atomic E-state index is 0.263. The third-order valence-electron chi connectivity index (χ3n) is 4.12. The molecule has 7 heteroatoms. The van der Waals surface area contributed by atoms with Crippen molar-refractivity contribution in [3.05, 3.63) is 27.7 Å². The molecule has 1 aromatic carbocycles. The predicted molar refractivity (Wildman–Crippen MR) is 86.5 cm³/mol. The van der Waals surface area contributed by atoms with Crippen molar-refractivity contribution in [2.24, 2.45) is 5.73 Å². The van der Waals surface area contributed by atoms with Gasteiger partial charge in [0.05, 0.1) is 18.7 Å². The molecular weight excluding hydrogens is 327 g/mol. The summed E-state index contributed by atoms with van der Waals surface area (Å²) in [5, 5.41) is 0.969. The van der Waals surface area contributed by atoms with E-state index in [1.807, 2.05) is 4.90 Å². The van der Waals surface area contributed by atoms with Gasteiger partial charge < -0.3 is 15.2 Å². The molecule has 0 bridgehead atoms. The average molecular weight is 347 g/mol. The smallest absolute Gasteiger partial charge is 0.240 e. The Morgan fingerprint density at radius 1 is 1.41 bits per heavy atom. The maximum atomic E-state index is 12.0. The molecule has 0 aliphatic carbocycles. The summed E-state index contributed by atoms with van der Waals surface area (Å²) in [6.07, 6.45) is 1.55. The topological polar surface area (TPSA) is 64.8 Å². The van der Waals surface area contributed by atoms with Crippen LogP contribution in [-0.2, 0) is 16.1 Å². The van der Waals surface area contributed by atoms with Gasteiger partial charge in [-0.15, -0.1) is 0 Å². The zero-order valence-corrected chi connectivity index (χ0v) is 14.2. The standard InChI is InChI=1S/C15H20Cl2N2O3/c1-21-9-15(14(18)20)4-3-5-19(15)8-10-6-11(16)7-12(17)13(10)22-2/h6-7H,3-5,8-9H2,1-2H3,(H2,18,20). The molecule has 1 aliphatic heterocycles. The van der Waals surface area contributed by atoms with Gasteiger partial charge in [-0.2, -0.15) is 0 Å². The first kappa shape index (κ1) is 17.3. The molecule has 1 heterocycles. The maximum absolute atomic E-state index is 12.0. The lowest BCUT2D eigenvalue weighted by molar-refractivity contribution is -0.132. The second-order valence-electron chi connectivity index (χ2n) is 5.43. The Kier molecular flexibility index (Phi) is 5.55. The van der Waals surface area contributed by atoms with Crippen LogP contribution >= 0.6 is 23.2 Å². The summed E-state index contributed by atoms with van der Waals surface area (Å²) < 4.78 is 10.6. The number of nitrogens with zero attached hydrogens (tertiary/aromatic N) is 1. The summed E-state index contributed by atoms with van der Waals surface area (Å²) in [6, 6.07) is 3.43. The van der Waals surface area contributed by atoms with E-state index in [9.17, 15) is 4.79 Å². The molecule has 1 saturated heterocycles. The zero-order valence-electron chi connectivity index (χ0n) is 12.7. The maximum Gasteiger partial charge on any atom is 0.240 e. The van der Waals surface area contributed by atoms with E-state index in [-0.39, 0.29) is 12.5 Å². The number of carbonyl (C=O) groups excluding carboxylic acids is 1. The van der Waals surface area contributed by atoms with Gasteiger partial charge >= 0.3 is 0 Å². The number of methoxy groups -OCH3 is 2. The van der Waals surface area contributed by atoms with Crippen LogP contribution in [0.5, 0.6) is 5.75 Å². The third-order valence-corrected chi connectivity index (χ3v) is 4.62. The van der Waals surface area contributed by atoms with Gasteiger partial charge in [0, 0.05) is 24.2 Å². The first-order valence-electron chi connectivity index (χ1n) is 7.00. The van der Waals surface area contributed by atoms with Crippen molar-refractivity contribution >= 4 is 29.1 Å². The fourth-order valence-corrected chi connectivity index (χ4v) is 3.70. The summed E-state index contributed by atoms with van der Waals surface area (Å²) in [5.41, 5.74) is 5.67. The van der Waals surface area contributed by atoms with Crippen LogP contribution in [0.25, 0.3) is 0 Å². The number of carbonyl (C=O) groups is 1. The lowest BCUT2D eigenvalue weighted by Crippen LogP contribution is -2.56. The third kappa shape index (κ3) is 3.18. The zero-order chi connectivity index (χ0) is 16.3. The van der Waals surface area contributed by atoms with Crippen LogP contribution in [0, 0.1) is 0 Å². The second-order valence-corrected chi connectivity index (χ2v) is 6.28. The fraction of sp³-hybridized carbons (Fsp3) is 0.533. The highest BCUT2D eigenvalue weighted by Crippen LogP contribution is 2.37. The summed E-state index contributed by atoms with van der Waals surface area (Å²) in [7, 11) is 3.12. The lowest BCUT2D eigenvalue weighted by Gasteiger charge is -2.35. The predicted octanol–water partition coefficient (Wildman–Crippen LogP) is 2.47. The molecule has 1 unspecified atom stereocenters. The van der Waals surface area contributed by atoms with Crippen LogP contribution in [-0.4, -0.2) is 43.7 Å². The Morgan fingerprint density at radius 2 is 2.14 bits per heavy atom. The molecule has 5 nitrogen and oxygen atoms in total. The molecule has 0 aromatic heterocycles. The highest BCUT2D eigenvalue weighted by atomic mass is 35.5. The molecule has 22 heavy (non-hydrogen) atoms. The van der Waals surface area contributed by atoms with E-state index in [2.05, 4.69) is 0 Å². The molecular formula is C15H20Cl2N2O3. The molecule has 1 aromatic rings. The van der Waals surface area contributed by atoms with Crippen molar-refractivity contribution in [3.8, 4) is 5.75 Å². The van der Waals surface area contributed by atoms with Crippen molar-refractivity contribution in [2.75, 3.05) is 27.4 Å². The molecule has 122 valence electrons. The van der Waals surface area contributed by atoms with E-state index >= 15 is 0 Å². The molecule has 0 saturated carbocycles. The number of nitrogens with two attached hydrogens (primary N) is 1. The number of likely N-dealkylation sites (tertiary alicyclic amines) is 1. The van der Waals surface area contributed by atoms with Gasteiger partial charge in [0.2, 0.25) is 5.91 Å². The highest BCUT2D eigenvalue weighted by Gasteiger charge is 2.46. The SMILES string of the molecule is COCC1(C(N)=O)CCCN1Cc1cc(Cl)cc(Cl)c1OC. The monoisotopic (exact) mass is 346 g/mol. The molecule has 0 radical (unpaired) electrons. The Balaban J connectivity index is 2.35. The van der Waals surface area contributed by atoms with Gasteiger partial charge in [-0.3, -0.25) is 9.69 Å². The van der Waals surface area contributed by atoms with Crippen LogP contribution in [0.3, 0.4) is 0 Å². The average Bonchev–Trinajstić information content (AvgIpc) is 2.83. The first-order chi connectivity index (χ1) is 10.4. The number of rotatable bonds is 6. The molecule has 1 aliphatic rings. The molecule has 0 spiro atoms. The Hall–Kier alpha value is -1.01. The van der Waals surface area contributed by atoms with E-state index in [4.69, 9.17) is 38.4 Å². The number of hydrogen-bond donors (Lipinski definition) is 1. The van der Waals surface area contributed by atoms with Gasteiger partial charge in [-0.25, -0.2) is 0 Å². The molecule has 1 atom stereocenters. The normalized spacial score (nSPS) is 22.0.